The molecule has 0 saturated heterocycles. The van der Waals surface area contributed by atoms with Gasteiger partial charge in [-0.3, -0.25) is 4.79 Å². The molecule has 2 rings (SSSR count). The van der Waals surface area contributed by atoms with Gasteiger partial charge in [-0.1, -0.05) is 0 Å². The van der Waals surface area contributed by atoms with Gasteiger partial charge in [-0.25, -0.2) is 0 Å². The van der Waals surface area contributed by atoms with Gasteiger partial charge < -0.3 is 24.3 Å². The van der Waals surface area contributed by atoms with Crippen molar-refractivity contribution >= 4 is 5.91 Å². The van der Waals surface area contributed by atoms with Crippen LogP contribution >= 0.6 is 0 Å². The van der Waals surface area contributed by atoms with Crippen LogP contribution in [0.2, 0.25) is 0 Å². The summed E-state index contributed by atoms with van der Waals surface area (Å²) in [6.07, 6.45) is 0. The summed E-state index contributed by atoms with van der Waals surface area (Å²) in [5.41, 5.74) is 0.494. The lowest BCUT2D eigenvalue weighted by atomic mass is 10.1. The highest BCUT2D eigenvalue weighted by Crippen LogP contribution is 2.27. The second-order valence-electron chi connectivity index (χ2n) is 5.43. The van der Waals surface area contributed by atoms with E-state index in [0.717, 1.165) is 5.75 Å². The number of hydrogen-bond acceptors (Lipinski definition) is 5. The lowest BCUT2D eigenvalue weighted by Crippen LogP contribution is -2.36. The van der Waals surface area contributed by atoms with Gasteiger partial charge in [0.05, 0.1) is 27.4 Å². The second-order valence-corrected chi connectivity index (χ2v) is 5.43. The summed E-state index contributed by atoms with van der Waals surface area (Å²) in [6.45, 7) is 2.23. The molecule has 1 N–H and O–H groups in total. The van der Waals surface area contributed by atoms with Crippen LogP contribution < -0.4 is 24.3 Å². The summed E-state index contributed by atoms with van der Waals surface area (Å²) < 4.78 is 21.2. The van der Waals surface area contributed by atoms with Crippen molar-refractivity contribution in [2.45, 2.75) is 13.0 Å². The Morgan fingerprint density at radius 2 is 1.56 bits per heavy atom. The van der Waals surface area contributed by atoms with Gasteiger partial charge in [0, 0.05) is 5.56 Å². The predicted octanol–water partition coefficient (Wildman–Crippen LogP) is 2.91. The van der Waals surface area contributed by atoms with Crippen molar-refractivity contribution in [3.05, 3.63) is 48.0 Å². The number of nitrogens with one attached hydrogen (secondary N) is 1. The maximum absolute atomic E-state index is 12.3. The zero-order valence-corrected chi connectivity index (χ0v) is 14.9. The molecule has 0 aromatic heterocycles. The molecule has 1 amide bonds. The number of carbonyl (C=O) groups is 1. The molecule has 25 heavy (non-hydrogen) atoms. The average molecular weight is 345 g/mol. The van der Waals surface area contributed by atoms with Crippen LogP contribution in [0, 0.1) is 0 Å². The largest absolute Gasteiger partial charge is 0.497 e. The highest BCUT2D eigenvalue weighted by atomic mass is 16.5. The predicted molar refractivity (Wildman–Crippen MR) is 95.0 cm³/mol. The topological polar surface area (TPSA) is 66.0 Å². The van der Waals surface area contributed by atoms with Crippen LogP contribution in [-0.4, -0.2) is 39.9 Å². The fraction of sp³-hybridized carbons (Fsp3) is 0.316. The van der Waals surface area contributed by atoms with E-state index in [1.54, 1.807) is 32.4 Å². The summed E-state index contributed by atoms with van der Waals surface area (Å²) in [5.74, 6) is 2.37. The lowest BCUT2D eigenvalue weighted by molar-refractivity contribution is 0.0926. The van der Waals surface area contributed by atoms with Gasteiger partial charge in [-0.15, -0.1) is 0 Å². The molecule has 0 heterocycles. The summed E-state index contributed by atoms with van der Waals surface area (Å²) in [4.78, 5) is 12.3. The molecule has 0 bridgehead atoms. The Kier molecular flexibility index (Phi) is 6.51. The minimum Gasteiger partial charge on any atom is -0.497 e. The molecule has 0 aliphatic carbocycles. The molecule has 0 aliphatic rings. The number of ether oxygens (including phenoxy) is 4. The number of carbonyl (C=O) groups excluding carboxylic acids is 1. The minimum absolute atomic E-state index is 0.164. The molecule has 1 atom stereocenters. The minimum atomic E-state index is -0.202. The van der Waals surface area contributed by atoms with Crippen molar-refractivity contribution in [1.82, 2.24) is 5.32 Å². The van der Waals surface area contributed by atoms with E-state index in [0.29, 0.717) is 29.4 Å². The first-order chi connectivity index (χ1) is 12.1. The molecular weight excluding hydrogens is 322 g/mol. The number of hydrogen-bond donors (Lipinski definition) is 1. The molecule has 6 nitrogen and oxygen atoms in total. The van der Waals surface area contributed by atoms with Crippen LogP contribution in [0.25, 0.3) is 0 Å². The summed E-state index contributed by atoms with van der Waals surface area (Å²) in [5, 5.41) is 2.89. The van der Waals surface area contributed by atoms with E-state index in [-0.39, 0.29) is 11.9 Å². The van der Waals surface area contributed by atoms with Gasteiger partial charge >= 0.3 is 0 Å². The van der Waals surface area contributed by atoms with Gasteiger partial charge in [-0.2, -0.15) is 0 Å². The zero-order valence-electron chi connectivity index (χ0n) is 14.9. The van der Waals surface area contributed by atoms with E-state index in [4.69, 9.17) is 18.9 Å². The Hall–Kier alpha value is -2.89. The smallest absolute Gasteiger partial charge is 0.251 e. The molecule has 0 unspecified atom stereocenters. The third-order valence-electron chi connectivity index (χ3n) is 3.58. The van der Waals surface area contributed by atoms with Gasteiger partial charge in [-0.05, 0) is 49.4 Å². The Morgan fingerprint density at radius 1 is 0.920 bits per heavy atom. The quantitative estimate of drug-likeness (QED) is 0.797. The summed E-state index contributed by atoms with van der Waals surface area (Å²) in [6, 6.07) is 12.2. The summed E-state index contributed by atoms with van der Waals surface area (Å²) in [7, 11) is 4.70. The standard InChI is InChI=1S/C19H23NO5/c1-13(12-25-16-8-6-15(22-2)7-9-16)20-19(21)14-5-10-17(23-3)18(11-14)24-4/h5-11,13H,12H2,1-4H3,(H,20,21)/t13-/m1/s1. The highest BCUT2D eigenvalue weighted by Gasteiger charge is 2.13. The first-order valence-electron chi connectivity index (χ1n) is 7.87. The summed E-state index contributed by atoms with van der Waals surface area (Å²) >= 11 is 0. The molecular formula is C19H23NO5. The van der Waals surface area contributed by atoms with E-state index in [1.807, 2.05) is 31.2 Å². The van der Waals surface area contributed by atoms with Crippen molar-refractivity contribution in [1.29, 1.82) is 0 Å². The third-order valence-corrected chi connectivity index (χ3v) is 3.58. The molecule has 2 aromatic rings. The highest BCUT2D eigenvalue weighted by molar-refractivity contribution is 5.95. The lowest BCUT2D eigenvalue weighted by Gasteiger charge is -2.16. The maximum Gasteiger partial charge on any atom is 0.251 e. The molecule has 0 aliphatic heterocycles. The second kappa shape index (κ2) is 8.82. The van der Waals surface area contributed by atoms with E-state index >= 15 is 0 Å². The molecule has 6 heteroatoms. The fourth-order valence-corrected chi connectivity index (χ4v) is 2.22. The number of benzene rings is 2. The Morgan fingerprint density at radius 3 is 2.16 bits per heavy atom. The van der Waals surface area contributed by atoms with Crippen LogP contribution in [0.4, 0.5) is 0 Å². The van der Waals surface area contributed by atoms with Crippen LogP contribution in [0.15, 0.2) is 42.5 Å². The number of amides is 1. The maximum atomic E-state index is 12.3. The fourth-order valence-electron chi connectivity index (χ4n) is 2.22. The normalized spacial score (nSPS) is 11.4. The van der Waals surface area contributed by atoms with Gasteiger partial charge in [0.2, 0.25) is 0 Å². The molecule has 0 fully saturated rings. The molecule has 0 radical (unpaired) electrons. The van der Waals surface area contributed by atoms with Crippen molar-refractivity contribution < 1.29 is 23.7 Å². The SMILES string of the molecule is COc1ccc(OC[C@@H](C)NC(=O)c2ccc(OC)c(OC)c2)cc1. The van der Waals surface area contributed by atoms with E-state index in [9.17, 15) is 4.79 Å². The Labute approximate surface area is 147 Å². The van der Waals surface area contributed by atoms with Crippen LogP contribution in [0.5, 0.6) is 23.0 Å². The zero-order chi connectivity index (χ0) is 18.2. The third kappa shape index (κ3) is 5.04. The van der Waals surface area contributed by atoms with E-state index in [2.05, 4.69) is 5.32 Å². The van der Waals surface area contributed by atoms with Crippen molar-refractivity contribution in [3.8, 4) is 23.0 Å². The average Bonchev–Trinajstić information content (AvgIpc) is 2.66. The molecule has 0 spiro atoms. The first kappa shape index (κ1) is 18.4. The molecule has 134 valence electrons. The van der Waals surface area contributed by atoms with E-state index < -0.39 is 0 Å². The Bertz CT molecular complexity index is 699. The number of methoxy groups -OCH3 is 3. The van der Waals surface area contributed by atoms with E-state index in [1.165, 1.54) is 7.11 Å². The monoisotopic (exact) mass is 345 g/mol. The van der Waals surface area contributed by atoms with Crippen molar-refractivity contribution in [2.24, 2.45) is 0 Å². The molecule has 2 aromatic carbocycles. The van der Waals surface area contributed by atoms with Crippen LogP contribution in [0.3, 0.4) is 0 Å². The first-order valence-corrected chi connectivity index (χ1v) is 7.87. The van der Waals surface area contributed by atoms with Crippen molar-refractivity contribution in [3.63, 3.8) is 0 Å². The van der Waals surface area contributed by atoms with Gasteiger partial charge in [0.1, 0.15) is 18.1 Å². The van der Waals surface area contributed by atoms with Crippen LogP contribution in [0.1, 0.15) is 17.3 Å². The van der Waals surface area contributed by atoms with Gasteiger partial charge in [0.25, 0.3) is 5.91 Å². The van der Waals surface area contributed by atoms with Gasteiger partial charge in [0.15, 0.2) is 11.5 Å². The van der Waals surface area contributed by atoms with Crippen LogP contribution in [-0.2, 0) is 0 Å². The number of rotatable bonds is 8. The molecule has 0 saturated carbocycles. The van der Waals surface area contributed by atoms with Crippen molar-refractivity contribution in [2.75, 3.05) is 27.9 Å². The Balaban J connectivity index is 1.90.